The third-order valence-corrected chi connectivity index (χ3v) is 4.20. The molecular formula is C17H17ClN4O4. The summed E-state index contributed by atoms with van der Waals surface area (Å²) >= 11 is 5.96. The van der Waals surface area contributed by atoms with Crippen LogP contribution in [0.3, 0.4) is 0 Å². The van der Waals surface area contributed by atoms with E-state index in [9.17, 15) is 9.90 Å². The number of rotatable bonds is 5. The van der Waals surface area contributed by atoms with Crippen molar-refractivity contribution >= 4 is 11.6 Å². The Morgan fingerprint density at radius 2 is 2.00 bits per heavy atom. The molecule has 0 radical (unpaired) electrons. The maximum Gasteiger partial charge on any atom is 0.368 e. The van der Waals surface area contributed by atoms with Crippen LogP contribution in [-0.4, -0.2) is 32.0 Å². The van der Waals surface area contributed by atoms with Gasteiger partial charge in [0.15, 0.2) is 0 Å². The average Bonchev–Trinajstić information content (AvgIpc) is 2.95. The van der Waals surface area contributed by atoms with Crippen molar-refractivity contribution in [1.29, 1.82) is 0 Å². The van der Waals surface area contributed by atoms with E-state index in [0.29, 0.717) is 22.7 Å². The van der Waals surface area contributed by atoms with Crippen LogP contribution in [0.2, 0.25) is 5.02 Å². The normalized spacial score (nSPS) is 10.8. The van der Waals surface area contributed by atoms with Crippen LogP contribution in [0.1, 0.15) is 11.1 Å². The summed E-state index contributed by atoms with van der Waals surface area (Å²) in [6.07, 6.45) is 0. The van der Waals surface area contributed by atoms with Gasteiger partial charge in [0.2, 0.25) is 0 Å². The Morgan fingerprint density at radius 1 is 1.23 bits per heavy atom. The van der Waals surface area contributed by atoms with E-state index in [1.165, 1.54) is 31.0 Å². The molecule has 1 aromatic heterocycles. The van der Waals surface area contributed by atoms with E-state index in [1.54, 1.807) is 25.1 Å². The molecule has 9 heteroatoms. The van der Waals surface area contributed by atoms with Crippen LogP contribution >= 0.6 is 11.6 Å². The van der Waals surface area contributed by atoms with Gasteiger partial charge in [0.05, 0.1) is 23.4 Å². The first-order valence-corrected chi connectivity index (χ1v) is 8.07. The van der Waals surface area contributed by atoms with Crippen molar-refractivity contribution < 1.29 is 14.6 Å². The molecule has 8 nitrogen and oxygen atoms in total. The lowest BCUT2D eigenvalue weighted by Crippen LogP contribution is -2.23. The van der Waals surface area contributed by atoms with E-state index in [4.69, 9.17) is 21.1 Å². The highest BCUT2D eigenvalue weighted by Crippen LogP contribution is 2.33. The zero-order chi connectivity index (χ0) is 18.8. The molecule has 0 saturated carbocycles. The van der Waals surface area contributed by atoms with Gasteiger partial charge in [0, 0.05) is 13.1 Å². The standard InChI is InChI=1S/C17H17ClN4O4/c1-10-7-14(23)12(18)8-16(10)26-9-11-13(5-4-6-15(11)25-3)22-17(24)21(2)19-20-22/h4-8,23H,9H2,1-3H3. The summed E-state index contributed by atoms with van der Waals surface area (Å²) in [5.41, 5.74) is 1.47. The van der Waals surface area contributed by atoms with Crippen LogP contribution in [0.15, 0.2) is 35.1 Å². The highest BCUT2D eigenvalue weighted by molar-refractivity contribution is 6.32. The van der Waals surface area contributed by atoms with E-state index in [1.807, 2.05) is 0 Å². The number of hydrogen-bond donors (Lipinski definition) is 1. The highest BCUT2D eigenvalue weighted by Gasteiger charge is 2.16. The largest absolute Gasteiger partial charge is 0.506 e. The predicted molar refractivity (Wildman–Crippen MR) is 95.3 cm³/mol. The molecule has 0 aliphatic carbocycles. The van der Waals surface area contributed by atoms with E-state index in [-0.39, 0.29) is 23.1 Å². The average molecular weight is 377 g/mol. The Hall–Kier alpha value is -3.00. The van der Waals surface area contributed by atoms with Crippen molar-refractivity contribution in [3.63, 3.8) is 0 Å². The molecule has 1 N–H and O–H groups in total. The molecule has 3 rings (SSSR count). The minimum atomic E-state index is -0.386. The molecular weight excluding hydrogens is 360 g/mol. The summed E-state index contributed by atoms with van der Waals surface area (Å²) in [6.45, 7) is 1.89. The van der Waals surface area contributed by atoms with Crippen molar-refractivity contribution in [3.05, 3.63) is 57.0 Å². The summed E-state index contributed by atoms with van der Waals surface area (Å²) in [5.74, 6) is 1.04. The third-order valence-electron chi connectivity index (χ3n) is 3.89. The van der Waals surface area contributed by atoms with Gasteiger partial charge in [-0.25, -0.2) is 4.79 Å². The van der Waals surface area contributed by atoms with Crippen LogP contribution in [0, 0.1) is 6.92 Å². The lowest BCUT2D eigenvalue weighted by molar-refractivity contribution is 0.293. The Labute approximate surface area is 154 Å². The molecule has 0 aliphatic heterocycles. The molecule has 0 fully saturated rings. The predicted octanol–water partition coefficient (Wildman–Crippen LogP) is 2.22. The number of phenolic OH excluding ortho intramolecular Hbond substituents is 1. The van der Waals surface area contributed by atoms with E-state index in [2.05, 4.69) is 10.4 Å². The van der Waals surface area contributed by atoms with Crippen LogP contribution in [0.4, 0.5) is 0 Å². The van der Waals surface area contributed by atoms with Crippen molar-refractivity contribution in [3.8, 4) is 22.9 Å². The first-order valence-electron chi connectivity index (χ1n) is 7.69. The van der Waals surface area contributed by atoms with Crippen molar-refractivity contribution in [1.82, 2.24) is 19.8 Å². The molecule has 26 heavy (non-hydrogen) atoms. The quantitative estimate of drug-likeness (QED) is 0.734. The number of halogens is 1. The minimum Gasteiger partial charge on any atom is -0.506 e. The number of aromatic nitrogens is 4. The fraction of sp³-hybridized carbons (Fsp3) is 0.235. The second kappa shape index (κ2) is 7.09. The minimum absolute atomic E-state index is 0.0133. The summed E-state index contributed by atoms with van der Waals surface area (Å²) in [6, 6.07) is 8.31. The van der Waals surface area contributed by atoms with Gasteiger partial charge in [0.25, 0.3) is 0 Å². The van der Waals surface area contributed by atoms with Gasteiger partial charge in [0.1, 0.15) is 23.9 Å². The van der Waals surface area contributed by atoms with Crippen LogP contribution < -0.4 is 15.2 Å². The fourth-order valence-corrected chi connectivity index (χ4v) is 2.66. The van der Waals surface area contributed by atoms with Gasteiger partial charge in [-0.15, -0.1) is 0 Å². The maximum atomic E-state index is 12.2. The second-order valence-corrected chi connectivity index (χ2v) is 6.02. The van der Waals surface area contributed by atoms with E-state index >= 15 is 0 Å². The summed E-state index contributed by atoms with van der Waals surface area (Å²) in [7, 11) is 3.05. The Kier molecular flexibility index (Phi) is 4.85. The first-order chi connectivity index (χ1) is 12.4. The molecule has 3 aromatic rings. The van der Waals surface area contributed by atoms with Gasteiger partial charge in [-0.05, 0) is 41.1 Å². The van der Waals surface area contributed by atoms with Crippen molar-refractivity contribution in [2.24, 2.45) is 7.05 Å². The number of hydrogen-bond acceptors (Lipinski definition) is 6. The van der Waals surface area contributed by atoms with Gasteiger partial charge in [-0.2, -0.15) is 9.36 Å². The lowest BCUT2D eigenvalue weighted by atomic mass is 10.1. The van der Waals surface area contributed by atoms with Crippen LogP contribution in [-0.2, 0) is 13.7 Å². The number of methoxy groups -OCH3 is 1. The second-order valence-electron chi connectivity index (χ2n) is 5.61. The van der Waals surface area contributed by atoms with Crippen molar-refractivity contribution in [2.45, 2.75) is 13.5 Å². The third kappa shape index (κ3) is 3.23. The van der Waals surface area contributed by atoms with Crippen molar-refractivity contribution in [2.75, 3.05) is 7.11 Å². The molecule has 0 amide bonds. The summed E-state index contributed by atoms with van der Waals surface area (Å²) in [5, 5.41) is 17.5. The molecule has 136 valence electrons. The monoisotopic (exact) mass is 376 g/mol. The fourth-order valence-electron chi connectivity index (χ4n) is 2.51. The molecule has 1 heterocycles. The number of ether oxygens (including phenoxy) is 2. The summed E-state index contributed by atoms with van der Waals surface area (Å²) in [4.78, 5) is 12.2. The van der Waals surface area contributed by atoms with Crippen LogP contribution in [0.5, 0.6) is 17.2 Å². The molecule has 0 unspecified atom stereocenters. The summed E-state index contributed by atoms with van der Waals surface area (Å²) < 4.78 is 13.6. The number of benzene rings is 2. The van der Waals surface area contributed by atoms with Gasteiger partial charge < -0.3 is 14.6 Å². The first kappa shape index (κ1) is 17.8. The Bertz CT molecular complexity index is 1010. The SMILES string of the molecule is COc1cccc(-n2nnn(C)c2=O)c1COc1cc(Cl)c(O)cc1C. The molecule has 0 bridgehead atoms. The maximum absolute atomic E-state index is 12.2. The zero-order valence-electron chi connectivity index (χ0n) is 14.4. The Morgan fingerprint density at radius 3 is 2.65 bits per heavy atom. The van der Waals surface area contributed by atoms with Crippen LogP contribution in [0.25, 0.3) is 5.69 Å². The highest BCUT2D eigenvalue weighted by atomic mass is 35.5. The van der Waals surface area contributed by atoms with E-state index < -0.39 is 0 Å². The number of phenols is 1. The van der Waals surface area contributed by atoms with Gasteiger partial charge >= 0.3 is 5.69 Å². The van der Waals surface area contributed by atoms with Gasteiger partial charge in [-0.3, -0.25) is 0 Å². The molecule has 0 spiro atoms. The zero-order valence-corrected chi connectivity index (χ0v) is 15.2. The lowest BCUT2D eigenvalue weighted by Gasteiger charge is -2.15. The Balaban J connectivity index is 2.01. The number of nitrogens with zero attached hydrogens (tertiary/aromatic N) is 4. The number of tetrazole rings is 1. The van der Waals surface area contributed by atoms with Gasteiger partial charge in [-0.1, -0.05) is 17.7 Å². The smallest absolute Gasteiger partial charge is 0.368 e. The topological polar surface area (TPSA) is 91.4 Å². The molecule has 2 aromatic carbocycles. The molecule has 0 aliphatic rings. The van der Waals surface area contributed by atoms with E-state index in [0.717, 1.165) is 10.2 Å². The molecule has 0 saturated heterocycles. The number of aromatic hydroxyl groups is 1. The number of aryl methyl sites for hydroxylation is 2. The molecule has 0 atom stereocenters.